The van der Waals surface area contributed by atoms with E-state index in [1.807, 2.05) is 0 Å². The van der Waals surface area contributed by atoms with Crippen LogP contribution in [-0.2, 0) is 9.53 Å². The predicted octanol–water partition coefficient (Wildman–Crippen LogP) is 1.78. The number of amides is 2. The van der Waals surface area contributed by atoms with Crippen molar-refractivity contribution in [3.8, 4) is 0 Å². The lowest BCUT2D eigenvalue weighted by molar-refractivity contribution is -0.123. The van der Waals surface area contributed by atoms with Gasteiger partial charge >= 0.3 is 5.97 Å². The molecule has 0 aromatic heterocycles. The summed E-state index contributed by atoms with van der Waals surface area (Å²) < 4.78 is 5.09. The predicted molar refractivity (Wildman–Crippen MR) is 90.3 cm³/mol. The number of nitrogens with two attached hydrogens (primary N) is 1. The third kappa shape index (κ3) is 4.74. The van der Waals surface area contributed by atoms with Crippen LogP contribution >= 0.6 is 0 Å². The van der Waals surface area contributed by atoms with Gasteiger partial charge in [0.05, 0.1) is 5.56 Å². The Morgan fingerprint density at radius 1 is 1.00 bits per heavy atom. The van der Waals surface area contributed by atoms with Gasteiger partial charge in [0.1, 0.15) is 6.29 Å². The summed E-state index contributed by atoms with van der Waals surface area (Å²) in [4.78, 5) is 45.7. The molecule has 0 saturated heterocycles. The topological polar surface area (TPSA) is 116 Å². The van der Waals surface area contributed by atoms with Crippen LogP contribution in [0, 0.1) is 0 Å². The van der Waals surface area contributed by atoms with Gasteiger partial charge in [-0.2, -0.15) is 0 Å². The first kappa shape index (κ1) is 17.9. The van der Waals surface area contributed by atoms with Crippen molar-refractivity contribution < 1.29 is 23.9 Å². The number of aldehydes is 1. The summed E-state index contributed by atoms with van der Waals surface area (Å²) in [7, 11) is 0. The highest BCUT2D eigenvalue weighted by molar-refractivity contribution is 5.98. The fourth-order valence-corrected chi connectivity index (χ4v) is 1.94. The highest BCUT2D eigenvalue weighted by Crippen LogP contribution is 2.11. The summed E-state index contributed by atoms with van der Waals surface area (Å²) in [6, 6.07) is 11.8. The average molecular weight is 340 g/mol. The third-order valence-electron chi connectivity index (χ3n) is 3.37. The Kier molecular flexibility index (Phi) is 5.62. The van der Waals surface area contributed by atoms with Crippen molar-refractivity contribution >= 4 is 29.8 Å². The highest BCUT2D eigenvalue weighted by atomic mass is 16.5. The summed E-state index contributed by atoms with van der Waals surface area (Å²) in [5.41, 5.74) is 6.56. The van der Waals surface area contributed by atoms with Gasteiger partial charge in [0.15, 0.2) is 6.10 Å². The second-order valence-corrected chi connectivity index (χ2v) is 5.22. The van der Waals surface area contributed by atoms with E-state index in [9.17, 15) is 19.2 Å². The maximum atomic E-state index is 12.1. The van der Waals surface area contributed by atoms with E-state index in [1.165, 1.54) is 55.5 Å². The van der Waals surface area contributed by atoms with Crippen molar-refractivity contribution in [3.63, 3.8) is 0 Å². The van der Waals surface area contributed by atoms with E-state index in [0.717, 1.165) is 0 Å². The van der Waals surface area contributed by atoms with Crippen LogP contribution in [0.1, 0.15) is 38.0 Å². The molecule has 0 spiro atoms. The van der Waals surface area contributed by atoms with Crippen LogP contribution in [0.5, 0.6) is 0 Å². The van der Waals surface area contributed by atoms with Gasteiger partial charge in [-0.3, -0.25) is 14.4 Å². The van der Waals surface area contributed by atoms with Gasteiger partial charge in [-0.05, 0) is 43.3 Å². The fraction of sp³-hybridized carbons (Fsp3) is 0.111. The van der Waals surface area contributed by atoms with Gasteiger partial charge in [-0.25, -0.2) is 4.79 Å². The fourth-order valence-electron chi connectivity index (χ4n) is 1.94. The van der Waals surface area contributed by atoms with Crippen LogP contribution in [0.2, 0.25) is 0 Å². The number of carbonyl (C=O) groups excluding carboxylic acids is 4. The Balaban J connectivity index is 1.95. The van der Waals surface area contributed by atoms with Gasteiger partial charge < -0.3 is 15.8 Å². The normalized spacial score (nSPS) is 11.2. The van der Waals surface area contributed by atoms with Gasteiger partial charge in [0, 0.05) is 16.8 Å². The number of benzene rings is 2. The molecule has 0 bridgehead atoms. The number of carbonyl (C=O) groups is 4. The summed E-state index contributed by atoms with van der Waals surface area (Å²) in [5.74, 6) is -1.77. The first-order valence-electron chi connectivity index (χ1n) is 7.37. The summed E-state index contributed by atoms with van der Waals surface area (Å²) >= 11 is 0. The number of rotatable bonds is 6. The number of hydrogen-bond acceptors (Lipinski definition) is 5. The highest BCUT2D eigenvalue weighted by Gasteiger charge is 2.19. The molecule has 0 saturated carbocycles. The Labute approximate surface area is 143 Å². The van der Waals surface area contributed by atoms with Gasteiger partial charge in [0.25, 0.3) is 5.91 Å². The Hall–Kier alpha value is -3.48. The lowest BCUT2D eigenvalue weighted by Gasteiger charge is -2.13. The molecule has 0 aliphatic rings. The molecule has 0 aliphatic heterocycles. The van der Waals surface area contributed by atoms with Crippen LogP contribution in [0.15, 0.2) is 48.5 Å². The van der Waals surface area contributed by atoms with Crippen molar-refractivity contribution in [1.29, 1.82) is 0 Å². The second-order valence-electron chi connectivity index (χ2n) is 5.22. The molecule has 0 radical (unpaired) electrons. The summed E-state index contributed by atoms with van der Waals surface area (Å²) in [6.45, 7) is 1.44. The van der Waals surface area contributed by atoms with E-state index in [4.69, 9.17) is 10.5 Å². The monoisotopic (exact) mass is 340 g/mol. The van der Waals surface area contributed by atoms with E-state index in [-0.39, 0.29) is 5.56 Å². The van der Waals surface area contributed by atoms with Gasteiger partial charge in [0.2, 0.25) is 5.91 Å². The number of esters is 1. The van der Waals surface area contributed by atoms with Crippen LogP contribution in [0.25, 0.3) is 0 Å². The minimum absolute atomic E-state index is 0.232. The summed E-state index contributed by atoms with van der Waals surface area (Å²) in [5, 5.41) is 2.57. The standard InChI is InChI=1S/C18H16N2O5/c1-11(25-18(24)14-4-2-12(10-21)3-5-14)17(23)20-15-8-6-13(7-9-15)16(19)22/h2-11H,1H3,(H2,19,22)(H,20,23). The average Bonchev–Trinajstić information content (AvgIpc) is 2.62. The molecule has 2 rings (SSSR count). The summed E-state index contributed by atoms with van der Waals surface area (Å²) in [6.07, 6.45) is -0.372. The van der Waals surface area contributed by atoms with Crippen molar-refractivity contribution in [2.75, 3.05) is 5.32 Å². The molecule has 0 heterocycles. The van der Waals surface area contributed by atoms with Crippen LogP contribution in [0.3, 0.4) is 0 Å². The zero-order valence-corrected chi connectivity index (χ0v) is 13.4. The lowest BCUT2D eigenvalue weighted by atomic mass is 10.1. The Morgan fingerprint density at radius 2 is 1.56 bits per heavy atom. The molecule has 0 aliphatic carbocycles. The molecule has 2 amide bonds. The molecular weight excluding hydrogens is 324 g/mol. The Bertz CT molecular complexity index is 797. The molecule has 25 heavy (non-hydrogen) atoms. The van der Waals surface area contributed by atoms with Crippen molar-refractivity contribution in [2.24, 2.45) is 5.73 Å². The maximum Gasteiger partial charge on any atom is 0.338 e. The molecule has 1 unspecified atom stereocenters. The molecule has 0 fully saturated rings. The molecule has 1 atom stereocenters. The largest absolute Gasteiger partial charge is 0.449 e. The molecule has 7 heteroatoms. The minimum atomic E-state index is -1.03. The Morgan fingerprint density at radius 3 is 2.08 bits per heavy atom. The lowest BCUT2D eigenvalue weighted by Crippen LogP contribution is -2.30. The second kappa shape index (κ2) is 7.87. The first-order chi connectivity index (χ1) is 11.9. The molecule has 128 valence electrons. The first-order valence-corrected chi connectivity index (χ1v) is 7.37. The molecule has 2 aromatic carbocycles. The minimum Gasteiger partial charge on any atom is -0.449 e. The zero-order chi connectivity index (χ0) is 18.4. The van der Waals surface area contributed by atoms with Crippen LogP contribution < -0.4 is 11.1 Å². The molecule has 3 N–H and O–H groups in total. The van der Waals surface area contributed by atoms with Crippen LogP contribution in [-0.4, -0.2) is 30.2 Å². The third-order valence-corrected chi connectivity index (χ3v) is 3.37. The smallest absolute Gasteiger partial charge is 0.338 e. The zero-order valence-electron chi connectivity index (χ0n) is 13.4. The number of ether oxygens (including phenoxy) is 1. The quantitative estimate of drug-likeness (QED) is 0.614. The molecule has 2 aromatic rings. The number of primary amides is 1. The number of hydrogen-bond donors (Lipinski definition) is 2. The van der Waals surface area contributed by atoms with Crippen molar-refractivity contribution in [3.05, 3.63) is 65.2 Å². The number of anilines is 1. The van der Waals surface area contributed by atoms with Crippen LogP contribution in [0.4, 0.5) is 5.69 Å². The van der Waals surface area contributed by atoms with E-state index in [2.05, 4.69) is 5.32 Å². The van der Waals surface area contributed by atoms with E-state index in [1.54, 1.807) is 0 Å². The van der Waals surface area contributed by atoms with Gasteiger partial charge in [-0.1, -0.05) is 12.1 Å². The molecule has 7 nitrogen and oxygen atoms in total. The molecular formula is C18H16N2O5. The maximum absolute atomic E-state index is 12.1. The van der Waals surface area contributed by atoms with E-state index >= 15 is 0 Å². The van der Waals surface area contributed by atoms with Crippen molar-refractivity contribution in [1.82, 2.24) is 0 Å². The number of nitrogens with one attached hydrogen (secondary N) is 1. The van der Waals surface area contributed by atoms with Gasteiger partial charge in [-0.15, -0.1) is 0 Å². The van der Waals surface area contributed by atoms with E-state index in [0.29, 0.717) is 23.1 Å². The van der Waals surface area contributed by atoms with Crippen molar-refractivity contribution in [2.45, 2.75) is 13.0 Å². The SMILES string of the molecule is CC(OC(=O)c1ccc(C=O)cc1)C(=O)Nc1ccc(C(N)=O)cc1. The van der Waals surface area contributed by atoms with E-state index < -0.39 is 23.9 Å².